The fourth-order valence-electron chi connectivity index (χ4n) is 2.62. The molecule has 1 atom stereocenters. The summed E-state index contributed by atoms with van der Waals surface area (Å²) in [7, 11) is 0. The molecule has 1 N–H and O–H groups in total. The van der Waals surface area contributed by atoms with E-state index >= 15 is 0 Å². The van der Waals surface area contributed by atoms with Gasteiger partial charge in [-0.15, -0.1) is 0 Å². The molecule has 7 heteroatoms. The number of urea groups is 1. The van der Waals surface area contributed by atoms with Crippen LogP contribution in [-0.2, 0) is 9.59 Å². The average Bonchev–Trinajstić information content (AvgIpc) is 2.79. The molecule has 0 aromatic carbocycles. The fourth-order valence-corrected chi connectivity index (χ4v) is 2.62. The minimum atomic E-state index is -0.140. The van der Waals surface area contributed by atoms with Crippen LogP contribution in [-0.4, -0.2) is 77.9 Å². The van der Waals surface area contributed by atoms with Gasteiger partial charge >= 0.3 is 6.03 Å². The van der Waals surface area contributed by atoms with Gasteiger partial charge in [-0.25, -0.2) is 4.79 Å². The highest BCUT2D eigenvalue weighted by Crippen LogP contribution is 2.14. The predicted molar refractivity (Wildman–Crippen MR) is 73.0 cm³/mol. The van der Waals surface area contributed by atoms with Crippen LogP contribution in [0.3, 0.4) is 0 Å². The monoisotopic (exact) mass is 282 g/mol. The summed E-state index contributed by atoms with van der Waals surface area (Å²) >= 11 is 0. The van der Waals surface area contributed by atoms with Crippen molar-refractivity contribution >= 4 is 18.3 Å². The molecule has 2 rings (SSSR count). The van der Waals surface area contributed by atoms with E-state index in [-0.39, 0.29) is 24.0 Å². The van der Waals surface area contributed by atoms with Crippen molar-refractivity contribution < 1.29 is 14.4 Å². The second-order valence-corrected chi connectivity index (χ2v) is 5.62. The zero-order valence-electron chi connectivity index (χ0n) is 12.0. The maximum absolute atomic E-state index is 12.1. The van der Waals surface area contributed by atoms with Crippen molar-refractivity contribution in [2.24, 2.45) is 0 Å². The van der Waals surface area contributed by atoms with E-state index < -0.39 is 0 Å². The number of hydrogen-bond acceptors (Lipinski definition) is 3. The summed E-state index contributed by atoms with van der Waals surface area (Å²) < 4.78 is 0. The van der Waals surface area contributed by atoms with Crippen LogP contribution in [0, 0.1) is 0 Å². The Morgan fingerprint density at radius 2 is 1.95 bits per heavy atom. The van der Waals surface area contributed by atoms with Gasteiger partial charge in [-0.1, -0.05) is 0 Å². The number of nitrogens with one attached hydrogen (secondary N) is 1. The topological polar surface area (TPSA) is 73.0 Å². The van der Waals surface area contributed by atoms with Gasteiger partial charge in [-0.05, 0) is 13.8 Å². The van der Waals surface area contributed by atoms with Crippen LogP contribution in [0.2, 0.25) is 0 Å². The molecule has 2 fully saturated rings. The Morgan fingerprint density at radius 1 is 1.30 bits per heavy atom. The lowest BCUT2D eigenvalue weighted by Gasteiger charge is -2.33. The van der Waals surface area contributed by atoms with Crippen LogP contribution in [0.15, 0.2) is 0 Å². The zero-order chi connectivity index (χ0) is 14.7. The molecule has 7 nitrogen and oxygen atoms in total. The molecule has 2 saturated heterocycles. The van der Waals surface area contributed by atoms with Crippen LogP contribution in [0.1, 0.15) is 20.3 Å². The van der Waals surface area contributed by atoms with Crippen molar-refractivity contribution in [1.29, 1.82) is 0 Å². The van der Waals surface area contributed by atoms with Gasteiger partial charge in [-0.2, -0.15) is 0 Å². The van der Waals surface area contributed by atoms with Gasteiger partial charge < -0.3 is 20.0 Å². The quantitative estimate of drug-likeness (QED) is 0.708. The molecular weight excluding hydrogens is 260 g/mol. The molecule has 0 radical (unpaired) electrons. The molecule has 2 heterocycles. The molecule has 0 spiro atoms. The van der Waals surface area contributed by atoms with Gasteiger partial charge in [0.2, 0.25) is 12.3 Å². The van der Waals surface area contributed by atoms with Crippen molar-refractivity contribution in [3.8, 4) is 0 Å². The smallest absolute Gasteiger partial charge is 0.317 e. The minimum Gasteiger partial charge on any atom is -0.342 e. The van der Waals surface area contributed by atoms with E-state index in [1.165, 1.54) is 0 Å². The summed E-state index contributed by atoms with van der Waals surface area (Å²) in [5, 5.41) is 2.91. The third-order valence-corrected chi connectivity index (χ3v) is 3.86. The molecule has 2 aliphatic rings. The highest BCUT2D eigenvalue weighted by molar-refractivity contribution is 5.82. The normalized spacial score (nSPS) is 23.4. The summed E-state index contributed by atoms with van der Waals surface area (Å²) in [5.41, 5.74) is 0. The number of rotatable bonds is 3. The Labute approximate surface area is 118 Å². The van der Waals surface area contributed by atoms with Gasteiger partial charge in [0.05, 0.1) is 6.04 Å². The van der Waals surface area contributed by atoms with Crippen molar-refractivity contribution in [1.82, 2.24) is 20.0 Å². The molecule has 112 valence electrons. The van der Waals surface area contributed by atoms with Crippen LogP contribution in [0.4, 0.5) is 4.79 Å². The molecule has 0 aromatic rings. The SMILES string of the molecule is CC(C)N1CC(NC(=O)N2CCN(C=O)CC2)CC1=O. The number of piperazine rings is 1. The van der Waals surface area contributed by atoms with Gasteiger partial charge in [-0.3, -0.25) is 9.59 Å². The average molecular weight is 282 g/mol. The molecule has 0 saturated carbocycles. The molecule has 1 unspecified atom stereocenters. The van der Waals surface area contributed by atoms with Crippen LogP contribution >= 0.6 is 0 Å². The fraction of sp³-hybridized carbons (Fsp3) is 0.769. The lowest BCUT2D eigenvalue weighted by molar-refractivity contribution is -0.129. The molecule has 0 bridgehead atoms. The summed E-state index contributed by atoms with van der Waals surface area (Å²) in [6.45, 7) is 6.74. The highest BCUT2D eigenvalue weighted by atomic mass is 16.2. The Morgan fingerprint density at radius 3 is 2.45 bits per heavy atom. The standard InChI is InChI=1S/C13H22N4O3/c1-10(2)17-8-11(7-12(17)19)14-13(20)16-5-3-15(9-18)4-6-16/h9-11H,3-8H2,1-2H3,(H,14,20). The Kier molecular flexibility index (Phi) is 4.46. The largest absolute Gasteiger partial charge is 0.342 e. The molecular formula is C13H22N4O3. The highest BCUT2D eigenvalue weighted by Gasteiger charge is 2.33. The number of nitrogens with zero attached hydrogens (tertiary/aromatic N) is 3. The first-order chi connectivity index (χ1) is 9.51. The maximum atomic E-state index is 12.1. The van der Waals surface area contributed by atoms with E-state index in [4.69, 9.17) is 0 Å². The van der Waals surface area contributed by atoms with Crippen LogP contribution < -0.4 is 5.32 Å². The van der Waals surface area contributed by atoms with Crippen molar-refractivity contribution in [2.45, 2.75) is 32.4 Å². The number of amides is 4. The van der Waals surface area contributed by atoms with Gasteiger partial charge in [0, 0.05) is 45.2 Å². The maximum Gasteiger partial charge on any atom is 0.317 e. The predicted octanol–water partition coefficient (Wildman–Crippen LogP) is -0.521. The third-order valence-electron chi connectivity index (χ3n) is 3.86. The van der Waals surface area contributed by atoms with Crippen LogP contribution in [0.25, 0.3) is 0 Å². The lowest BCUT2D eigenvalue weighted by Crippen LogP contribution is -2.53. The van der Waals surface area contributed by atoms with E-state index in [0.717, 1.165) is 6.41 Å². The number of carbonyl (C=O) groups is 3. The molecule has 20 heavy (non-hydrogen) atoms. The second kappa shape index (κ2) is 6.11. The number of carbonyl (C=O) groups excluding carboxylic acids is 3. The van der Waals surface area contributed by atoms with Gasteiger partial charge in [0.1, 0.15) is 0 Å². The minimum absolute atomic E-state index is 0.0936. The Bertz CT molecular complexity index is 391. The van der Waals surface area contributed by atoms with E-state index in [1.807, 2.05) is 13.8 Å². The zero-order valence-corrected chi connectivity index (χ0v) is 12.0. The van der Waals surface area contributed by atoms with E-state index in [2.05, 4.69) is 5.32 Å². The third kappa shape index (κ3) is 3.20. The van der Waals surface area contributed by atoms with Gasteiger partial charge in [0.25, 0.3) is 0 Å². The first-order valence-corrected chi connectivity index (χ1v) is 7.05. The molecule has 0 aliphatic carbocycles. The number of likely N-dealkylation sites (tertiary alicyclic amines) is 1. The summed E-state index contributed by atoms with van der Waals surface area (Å²) in [5.74, 6) is 0.0936. The Hall–Kier alpha value is -1.79. The molecule has 4 amide bonds. The summed E-state index contributed by atoms with van der Waals surface area (Å²) in [4.78, 5) is 39.6. The second-order valence-electron chi connectivity index (χ2n) is 5.62. The first-order valence-electron chi connectivity index (χ1n) is 7.05. The summed E-state index contributed by atoms with van der Waals surface area (Å²) in [6.07, 6.45) is 1.18. The van der Waals surface area contributed by atoms with E-state index in [0.29, 0.717) is 39.1 Å². The van der Waals surface area contributed by atoms with Crippen molar-refractivity contribution in [3.05, 3.63) is 0 Å². The molecule has 2 aliphatic heterocycles. The van der Waals surface area contributed by atoms with Gasteiger partial charge in [0.15, 0.2) is 0 Å². The number of hydrogen-bond donors (Lipinski definition) is 1. The lowest BCUT2D eigenvalue weighted by atomic mass is 10.2. The Balaban J connectivity index is 1.81. The van der Waals surface area contributed by atoms with E-state index in [1.54, 1.807) is 14.7 Å². The van der Waals surface area contributed by atoms with E-state index in [9.17, 15) is 14.4 Å². The van der Waals surface area contributed by atoms with Crippen molar-refractivity contribution in [3.63, 3.8) is 0 Å². The van der Waals surface area contributed by atoms with Crippen molar-refractivity contribution in [2.75, 3.05) is 32.7 Å². The molecule has 0 aromatic heterocycles. The summed E-state index contributed by atoms with van der Waals surface area (Å²) in [6, 6.07) is -0.0824. The van der Waals surface area contributed by atoms with Crippen LogP contribution in [0.5, 0.6) is 0 Å². The first kappa shape index (κ1) is 14.6.